The van der Waals surface area contributed by atoms with Crippen LogP contribution in [0.2, 0.25) is 0 Å². The maximum atomic E-state index is 13.4. The van der Waals surface area contributed by atoms with Gasteiger partial charge in [0.05, 0.1) is 0 Å². The van der Waals surface area contributed by atoms with E-state index in [0.29, 0.717) is 12.5 Å². The summed E-state index contributed by atoms with van der Waals surface area (Å²) in [6.45, 7) is -0.227. The Balaban J connectivity index is 2.38. The predicted molar refractivity (Wildman–Crippen MR) is 77.4 cm³/mol. The zero-order chi connectivity index (χ0) is 15.5. The van der Waals surface area contributed by atoms with Crippen LogP contribution >= 0.6 is 11.3 Å². The Morgan fingerprint density at radius 3 is 2.43 bits per heavy atom. The Kier molecular flexibility index (Phi) is 4.69. The summed E-state index contributed by atoms with van der Waals surface area (Å²) in [4.78, 5) is 11.7. The van der Waals surface area contributed by atoms with Crippen LogP contribution in [0.3, 0.4) is 0 Å². The number of aryl methyl sites for hydroxylation is 1. The Labute approximate surface area is 125 Å². The molecule has 0 aliphatic carbocycles. The summed E-state index contributed by atoms with van der Waals surface area (Å²) in [6, 6.07) is 4.68. The van der Waals surface area contributed by atoms with E-state index in [4.69, 9.17) is 5.73 Å². The normalized spacial score (nSPS) is 13.9. The number of nitrogens with two attached hydrogens (primary N) is 1. The van der Waals surface area contributed by atoms with Gasteiger partial charge in [-0.15, -0.1) is 0 Å². The zero-order valence-electron chi connectivity index (χ0n) is 11.2. The number of carbonyl (C=O) groups is 1. The van der Waals surface area contributed by atoms with E-state index in [1.54, 1.807) is 0 Å². The van der Waals surface area contributed by atoms with E-state index in [1.807, 2.05) is 16.8 Å². The highest BCUT2D eigenvalue weighted by Gasteiger charge is 2.39. The van der Waals surface area contributed by atoms with Crippen molar-refractivity contribution in [2.45, 2.75) is 18.3 Å². The molecule has 1 atom stereocenters. The number of halogens is 2. The van der Waals surface area contributed by atoms with Gasteiger partial charge in [0.2, 0.25) is 0 Å². The van der Waals surface area contributed by atoms with E-state index < -0.39 is 23.0 Å². The van der Waals surface area contributed by atoms with Crippen molar-refractivity contribution in [3.63, 3.8) is 0 Å². The average molecular weight is 311 g/mol. The molecule has 3 nitrogen and oxygen atoms in total. The third-order valence-corrected chi connectivity index (χ3v) is 4.33. The minimum absolute atomic E-state index is 0.0604. The minimum atomic E-state index is -1.50. The summed E-state index contributed by atoms with van der Waals surface area (Å²) in [6.07, 6.45) is 0.656. The van der Waals surface area contributed by atoms with Crippen LogP contribution in [0.1, 0.15) is 17.5 Å². The van der Waals surface area contributed by atoms with Gasteiger partial charge in [-0.1, -0.05) is 0 Å². The van der Waals surface area contributed by atoms with Crippen molar-refractivity contribution in [1.29, 1.82) is 0 Å². The number of carboxylic acid groups (broad SMARTS) is 1. The smallest absolute Gasteiger partial charge is 0.315 e. The lowest BCUT2D eigenvalue weighted by atomic mass is 9.76. The second-order valence-electron chi connectivity index (χ2n) is 4.88. The molecule has 0 aliphatic rings. The highest BCUT2D eigenvalue weighted by molar-refractivity contribution is 7.07. The molecule has 0 spiro atoms. The first kappa shape index (κ1) is 15.6. The monoisotopic (exact) mass is 311 g/mol. The van der Waals surface area contributed by atoms with Crippen molar-refractivity contribution >= 4 is 17.3 Å². The Morgan fingerprint density at radius 2 is 1.95 bits per heavy atom. The number of hydrogen-bond donors (Lipinski definition) is 2. The van der Waals surface area contributed by atoms with Gasteiger partial charge in [0.15, 0.2) is 0 Å². The van der Waals surface area contributed by atoms with Gasteiger partial charge in [-0.3, -0.25) is 4.79 Å². The second kappa shape index (κ2) is 6.32. The summed E-state index contributed by atoms with van der Waals surface area (Å²) >= 11 is 1.51. The predicted octanol–water partition coefficient (Wildman–Crippen LogP) is 2.94. The van der Waals surface area contributed by atoms with Gasteiger partial charge in [-0.05, 0) is 52.9 Å². The summed E-state index contributed by atoms with van der Waals surface area (Å²) in [7, 11) is 0. The molecular formula is C15H15F2NO2S. The maximum Gasteiger partial charge on any atom is 0.315 e. The van der Waals surface area contributed by atoms with Gasteiger partial charge < -0.3 is 10.8 Å². The van der Waals surface area contributed by atoms with Gasteiger partial charge in [0, 0.05) is 12.6 Å². The Bertz CT molecular complexity index is 610. The molecule has 0 saturated carbocycles. The molecule has 0 saturated heterocycles. The molecule has 0 bridgehead atoms. The number of carboxylic acids is 1. The molecule has 112 valence electrons. The molecule has 1 aromatic heterocycles. The molecule has 6 heteroatoms. The van der Waals surface area contributed by atoms with E-state index in [-0.39, 0.29) is 18.5 Å². The van der Waals surface area contributed by atoms with Crippen molar-refractivity contribution in [2.24, 2.45) is 5.73 Å². The fraction of sp³-hybridized carbons (Fsp3) is 0.267. The number of hydrogen-bond acceptors (Lipinski definition) is 3. The molecule has 0 radical (unpaired) electrons. The molecule has 3 N–H and O–H groups in total. The summed E-state index contributed by atoms with van der Waals surface area (Å²) in [5.41, 5.74) is 5.20. The van der Waals surface area contributed by atoms with E-state index in [9.17, 15) is 18.7 Å². The molecular weight excluding hydrogens is 296 g/mol. The van der Waals surface area contributed by atoms with Crippen LogP contribution in [-0.4, -0.2) is 17.6 Å². The average Bonchev–Trinajstić information content (AvgIpc) is 2.91. The highest BCUT2D eigenvalue weighted by Crippen LogP contribution is 2.31. The molecule has 2 aromatic rings. The highest BCUT2D eigenvalue weighted by atomic mass is 32.1. The third kappa shape index (κ3) is 3.28. The quantitative estimate of drug-likeness (QED) is 0.862. The molecule has 0 aliphatic heterocycles. The van der Waals surface area contributed by atoms with Crippen molar-refractivity contribution in [1.82, 2.24) is 0 Å². The van der Waals surface area contributed by atoms with Gasteiger partial charge in [0.25, 0.3) is 0 Å². The Hall–Kier alpha value is -1.79. The van der Waals surface area contributed by atoms with Crippen LogP contribution in [0.5, 0.6) is 0 Å². The number of thiophene rings is 1. The van der Waals surface area contributed by atoms with Crippen molar-refractivity contribution < 1.29 is 18.7 Å². The standard InChI is InChI=1S/C15H15F2NO2S/c16-12-5-11(6-13(17)7-12)15(9-18,14(19)20)3-1-10-2-4-21-8-10/h2,4-8H,1,3,9,18H2,(H,19,20). The Morgan fingerprint density at radius 1 is 1.29 bits per heavy atom. The van der Waals surface area contributed by atoms with Crippen LogP contribution in [-0.2, 0) is 16.6 Å². The number of rotatable bonds is 6. The van der Waals surface area contributed by atoms with Crippen molar-refractivity contribution in [3.8, 4) is 0 Å². The lowest BCUT2D eigenvalue weighted by molar-refractivity contribution is -0.143. The van der Waals surface area contributed by atoms with Crippen molar-refractivity contribution in [2.75, 3.05) is 6.54 Å². The van der Waals surface area contributed by atoms with E-state index >= 15 is 0 Å². The fourth-order valence-electron chi connectivity index (χ4n) is 2.30. The van der Waals surface area contributed by atoms with Crippen LogP contribution in [0.15, 0.2) is 35.0 Å². The van der Waals surface area contributed by atoms with Crippen molar-refractivity contribution in [3.05, 3.63) is 57.8 Å². The van der Waals surface area contributed by atoms with E-state index in [2.05, 4.69) is 0 Å². The molecule has 0 amide bonds. The number of benzene rings is 1. The lowest BCUT2D eigenvalue weighted by Gasteiger charge is -2.28. The van der Waals surface area contributed by atoms with Gasteiger partial charge >= 0.3 is 5.97 Å². The molecule has 2 rings (SSSR count). The molecule has 0 fully saturated rings. The molecule has 21 heavy (non-hydrogen) atoms. The SMILES string of the molecule is NCC(CCc1ccsc1)(C(=O)O)c1cc(F)cc(F)c1. The summed E-state index contributed by atoms with van der Waals surface area (Å²) in [5.74, 6) is -2.79. The second-order valence-corrected chi connectivity index (χ2v) is 5.66. The van der Waals surface area contributed by atoms with Crippen LogP contribution < -0.4 is 5.73 Å². The van der Waals surface area contributed by atoms with Gasteiger partial charge in [-0.25, -0.2) is 8.78 Å². The minimum Gasteiger partial charge on any atom is -0.481 e. The zero-order valence-corrected chi connectivity index (χ0v) is 12.0. The van der Waals surface area contributed by atoms with E-state index in [0.717, 1.165) is 17.7 Å². The number of aliphatic carboxylic acids is 1. The third-order valence-electron chi connectivity index (χ3n) is 3.59. The van der Waals surface area contributed by atoms with Crippen LogP contribution in [0, 0.1) is 11.6 Å². The first-order valence-electron chi connectivity index (χ1n) is 6.39. The van der Waals surface area contributed by atoms with Crippen LogP contribution in [0.4, 0.5) is 8.78 Å². The van der Waals surface area contributed by atoms with Crippen LogP contribution in [0.25, 0.3) is 0 Å². The molecule has 1 heterocycles. The molecule has 1 aromatic carbocycles. The van der Waals surface area contributed by atoms with Gasteiger partial charge in [-0.2, -0.15) is 11.3 Å². The fourth-order valence-corrected chi connectivity index (χ4v) is 3.01. The molecule has 1 unspecified atom stereocenters. The lowest BCUT2D eigenvalue weighted by Crippen LogP contribution is -2.43. The van der Waals surface area contributed by atoms with E-state index in [1.165, 1.54) is 11.3 Å². The summed E-state index contributed by atoms with van der Waals surface area (Å²) in [5, 5.41) is 13.4. The topological polar surface area (TPSA) is 63.3 Å². The first-order valence-corrected chi connectivity index (χ1v) is 7.33. The first-order chi connectivity index (χ1) is 9.98. The largest absolute Gasteiger partial charge is 0.481 e. The summed E-state index contributed by atoms with van der Waals surface area (Å²) < 4.78 is 26.8. The van der Waals surface area contributed by atoms with Gasteiger partial charge in [0.1, 0.15) is 17.0 Å². The maximum absolute atomic E-state index is 13.4.